The normalized spacial score (nSPS) is 19.0. The Morgan fingerprint density at radius 2 is 1.60 bits per heavy atom. The third-order valence-corrected chi connectivity index (χ3v) is 15.7. The van der Waals surface area contributed by atoms with Gasteiger partial charge in [-0.3, -0.25) is 14.9 Å². The van der Waals surface area contributed by atoms with Crippen molar-refractivity contribution in [2.24, 2.45) is 11.1 Å². The first-order valence-corrected chi connectivity index (χ1v) is 24.5. The molecule has 3 aliphatic rings. The average molecular weight is 893 g/mol. The molecule has 4 N–H and O–H groups in total. The minimum absolute atomic E-state index is 0.0238. The Hall–Kier alpha value is -5.09. The van der Waals surface area contributed by atoms with Crippen LogP contribution in [0.3, 0.4) is 0 Å². The van der Waals surface area contributed by atoms with Crippen LogP contribution in [0.1, 0.15) is 111 Å². The number of nitrogens with zero attached hydrogens (tertiary/aromatic N) is 5. The monoisotopic (exact) mass is 892 g/mol. The van der Waals surface area contributed by atoms with E-state index in [0.717, 1.165) is 74.7 Å². The van der Waals surface area contributed by atoms with Crippen LogP contribution < -0.4 is 20.7 Å². The predicted octanol–water partition coefficient (Wildman–Crippen LogP) is 8.80. The third-order valence-electron chi connectivity index (χ3n) is 12.8. The van der Waals surface area contributed by atoms with Gasteiger partial charge in [0.1, 0.15) is 11.1 Å². The molecule has 3 aromatic carbocycles. The maximum Gasteiger partial charge on any atom is 0.234 e. The lowest BCUT2D eigenvalue weighted by Gasteiger charge is -2.38. The molecule has 5 aromatic rings. The Morgan fingerprint density at radius 3 is 2.25 bits per heavy atom. The zero-order valence-corrected chi connectivity index (χ0v) is 38.1. The van der Waals surface area contributed by atoms with E-state index in [-0.39, 0.29) is 40.7 Å². The number of primary sulfonamides is 1. The van der Waals surface area contributed by atoms with Crippen LogP contribution in [0.5, 0.6) is 0 Å². The van der Waals surface area contributed by atoms with Crippen molar-refractivity contribution in [2.75, 3.05) is 42.9 Å². The summed E-state index contributed by atoms with van der Waals surface area (Å²) in [5.74, 6) is 0.288. The average Bonchev–Trinajstić information content (AvgIpc) is 3.72. The smallest absolute Gasteiger partial charge is 0.234 e. The van der Waals surface area contributed by atoms with Crippen molar-refractivity contribution in [2.45, 2.75) is 95.1 Å². The largest absolute Gasteiger partial charge is 0.372 e. The maximum absolute atomic E-state index is 16.3. The van der Waals surface area contributed by atoms with Crippen molar-refractivity contribution >= 4 is 50.5 Å². The molecule has 63 heavy (non-hydrogen) atoms. The number of rotatable bonds is 12. The first-order valence-electron chi connectivity index (χ1n) is 22.1. The standard InChI is InChI=1S/C48H57FN8O4S2/c1-5-40(63(50,60)61)37-7-6-8-38(42(37)49)43-44(62-46(55-43)48(2,3)4)39-19-24-51-47(53-39)52-34-13-9-31(10-14-34)32-22-25-56(26-23-32)29-30-20-27-57(28-21-30)35-15-11-33(12-16-35)36-17-18-41(58)54-45(36)59/h6-16,19,24,30,32,36,40H,5,17-18,20-23,25-29H2,1-4H3,(H2,50,60,61)(H,51,52,53)(H,54,58,59)/t36-,40?/m0/s1. The number of amides is 2. The maximum atomic E-state index is 16.3. The molecule has 332 valence electrons. The van der Waals surface area contributed by atoms with E-state index in [2.05, 4.69) is 61.8 Å². The molecule has 0 saturated carbocycles. The number of sulfonamides is 1. The molecule has 2 aromatic heterocycles. The van der Waals surface area contributed by atoms with E-state index in [1.165, 1.54) is 28.7 Å². The molecule has 12 nitrogen and oxygen atoms in total. The zero-order chi connectivity index (χ0) is 44.5. The second-order valence-electron chi connectivity index (χ2n) is 18.3. The van der Waals surface area contributed by atoms with Gasteiger partial charge in [0.25, 0.3) is 0 Å². The van der Waals surface area contributed by atoms with Crippen LogP contribution in [-0.2, 0) is 25.0 Å². The van der Waals surface area contributed by atoms with Crippen molar-refractivity contribution in [3.63, 3.8) is 0 Å². The number of hydrogen-bond acceptors (Lipinski definition) is 11. The highest BCUT2D eigenvalue weighted by atomic mass is 32.2. The number of carbonyl (C=O) groups excluding carboxylic acids is 2. The summed E-state index contributed by atoms with van der Waals surface area (Å²) in [7, 11) is -4.04. The van der Waals surface area contributed by atoms with Gasteiger partial charge in [0.2, 0.25) is 27.8 Å². The molecule has 3 aliphatic heterocycles. The van der Waals surface area contributed by atoms with E-state index < -0.39 is 21.1 Å². The van der Waals surface area contributed by atoms with E-state index >= 15 is 4.39 Å². The summed E-state index contributed by atoms with van der Waals surface area (Å²) in [4.78, 5) is 43.9. The first kappa shape index (κ1) is 44.5. The summed E-state index contributed by atoms with van der Waals surface area (Å²) in [6, 6.07) is 23.4. The van der Waals surface area contributed by atoms with Gasteiger partial charge < -0.3 is 15.1 Å². The van der Waals surface area contributed by atoms with Crippen LogP contribution in [0, 0.1) is 11.7 Å². The summed E-state index contributed by atoms with van der Waals surface area (Å²) in [6.07, 6.45) is 7.32. The molecule has 1 unspecified atom stereocenters. The van der Waals surface area contributed by atoms with Crippen molar-refractivity contribution in [3.8, 4) is 21.8 Å². The Labute approximate surface area is 374 Å². The van der Waals surface area contributed by atoms with Gasteiger partial charge in [-0.1, -0.05) is 64.1 Å². The van der Waals surface area contributed by atoms with Crippen molar-refractivity contribution < 1.29 is 22.4 Å². The van der Waals surface area contributed by atoms with Crippen LogP contribution in [0.25, 0.3) is 21.8 Å². The van der Waals surface area contributed by atoms with E-state index in [9.17, 15) is 18.0 Å². The second-order valence-corrected chi connectivity index (χ2v) is 21.0. The molecule has 15 heteroatoms. The molecule has 3 fully saturated rings. The van der Waals surface area contributed by atoms with Crippen LogP contribution in [0.4, 0.5) is 21.7 Å². The fourth-order valence-electron chi connectivity index (χ4n) is 9.24. The van der Waals surface area contributed by atoms with E-state index in [1.54, 1.807) is 31.3 Å². The minimum atomic E-state index is -4.04. The van der Waals surface area contributed by atoms with Gasteiger partial charge in [0.05, 0.1) is 27.2 Å². The zero-order valence-electron chi connectivity index (χ0n) is 36.4. The number of likely N-dealkylation sites (tertiary alicyclic amines) is 1. The molecule has 2 atom stereocenters. The number of anilines is 3. The SMILES string of the molecule is CCC(c1cccc(-c2nc(C(C)(C)C)sc2-c2ccnc(Nc3ccc(C4CCN(CC5CCN(c6ccc([C@@H]7CCC(=O)NC7=O)cc6)CC5)CC4)cc3)n2)c1F)S(N)(=O)=O. The van der Waals surface area contributed by atoms with Crippen molar-refractivity contribution in [3.05, 3.63) is 107 Å². The fourth-order valence-corrected chi connectivity index (χ4v) is 11.3. The summed E-state index contributed by atoms with van der Waals surface area (Å²) >= 11 is 1.43. The summed E-state index contributed by atoms with van der Waals surface area (Å²) < 4.78 is 41.1. The number of benzene rings is 3. The number of imide groups is 1. The lowest BCUT2D eigenvalue weighted by molar-refractivity contribution is -0.134. The van der Waals surface area contributed by atoms with Gasteiger partial charge in [0.15, 0.2) is 0 Å². The summed E-state index contributed by atoms with van der Waals surface area (Å²) in [6.45, 7) is 13.2. The number of piperidine rings is 3. The first-order chi connectivity index (χ1) is 30.1. The topological polar surface area (TPSA) is 164 Å². The molecule has 0 bridgehead atoms. The van der Waals surface area contributed by atoms with Crippen LogP contribution >= 0.6 is 11.3 Å². The molecule has 0 aliphatic carbocycles. The third kappa shape index (κ3) is 10.2. The van der Waals surface area contributed by atoms with Gasteiger partial charge in [-0.05, 0) is 111 Å². The summed E-state index contributed by atoms with van der Waals surface area (Å²) in [5.41, 5.74) is 5.21. The summed E-state index contributed by atoms with van der Waals surface area (Å²) in [5, 5.41) is 11.0. The van der Waals surface area contributed by atoms with E-state index in [0.29, 0.717) is 46.9 Å². The van der Waals surface area contributed by atoms with Gasteiger partial charge in [-0.25, -0.2) is 32.9 Å². The molecule has 0 spiro atoms. The number of nitrogens with one attached hydrogen (secondary N) is 2. The van der Waals surface area contributed by atoms with Crippen LogP contribution in [0.15, 0.2) is 79.0 Å². The lowest BCUT2D eigenvalue weighted by Crippen LogP contribution is -2.41. The van der Waals surface area contributed by atoms with Gasteiger partial charge in [-0.2, -0.15) is 0 Å². The molecular weight excluding hydrogens is 836 g/mol. The van der Waals surface area contributed by atoms with Gasteiger partial charge >= 0.3 is 0 Å². The molecule has 0 radical (unpaired) electrons. The molecular formula is C48H57FN8O4S2. The second kappa shape index (κ2) is 18.6. The fraction of sp³-hybridized carbons (Fsp3) is 0.438. The molecule has 8 rings (SSSR count). The number of nitrogens with two attached hydrogens (primary N) is 1. The molecule has 5 heterocycles. The number of halogens is 1. The Bertz CT molecular complexity index is 2540. The van der Waals surface area contributed by atoms with Crippen molar-refractivity contribution in [1.82, 2.24) is 25.2 Å². The highest BCUT2D eigenvalue weighted by Gasteiger charge is 2.31. The lowest BCUT2D eigenvalue weighted by atomic mass is 9.88. The quantitative estimate of drug-likeness (QED) is 0.103. The van der Waals surface area contributed by atoms with Crippen LogP contribution in [-0.4, -0.2) is 72.8 Å². The van der Waals surface area contributed by atoms with E-state index in [1.807, 2.05) is 32.9 Å². The Balaban J connectivity index is 0.860. The van der Waals surface area contributed by atoms with Gasteiger partial charge in [0, 0.05) is 60.2 Å². The molecule has 2 amide bonds. The minimum Gasteiger partial charge on any atom is -0.372 e. The van der Waals surface area contributed by atoms with Crippen LogP contribution in [0.2, 0.25) is 0 Å². The van der Waals surface area contributed by atoms with Gasteiger partial charge in [-0.15, -0.1) is 11.3 Å². The number of hydrogen-bond donors (Lipinski definition) is 3. The highest BCUT2D eigenvalue weighted by Crippen LogP contribution is 2.43. The highest BCUT2D eigenvalue weighted by molar-refractivity contribution is 7.89. The predicted molar refractivity (Wildman–Crippen MR) is 248 cm³/mol. The molecule has 3 saturated heterocycles. The number of thiazole rings is 1. The van der Waals surface area contributed by atoms with Crippen molar-refractivity contribution in [1.29, 1.82) is 0 Å². The number of aromatic nitrogens is 3. The number of carbonyl (C=O) groups is 2. The van der Waals surface area contributed by atoms with E-state index in [4.69, 9.17) is 15.1 Å². The Morgan fingerprint density at radius 1 is 0.905 bits per heavy atom. The Kier molecular flexibility index (Phi) is 13.1.